The lowest BCUT2D eigenvalue weighted by atomic mass is 10.1. The Hall–Kier alpha value is -2.19. The number of carbonyl (C=O) groups is 1. The maximum atomic E-state index is 12.9. The standard InChI is InChI=1S/C16H21N5O3/c1-10(22)14-7-11-8-20(4-2-5-21(11)19-14)16(23)15-12-9-24-6-3-13(12)17-18-15/h7,10,22H,2-6,8-9H2,1H3,(H,17,18). The molecule has 4 rings (SSSR count). The van der Waals surface area contributed by atoms with Gasteiger partial charge in [-0.3, -0.25) is 14.6 Å². The molecular weight excluding hydrogens is 310 g/mol. The fourth-order valence-electron chi connectivity index (χ4n) is 3.30. The van der Waals surface area contributed by atoms with E-state index >= 15 is 0 Å². The number of aliphatic hydroxyl groups excluding tert-OH is 1. The van der Waals surface area contributed by atoms with Gasteiger partial charge in [0.25, 0.3) is 5.91 Å². The number of hydrogen-bond acceptors (Lipinski definition) is 5. The number of amides is 1. The van der Waals surface area contributed by atoms with Gasteiger partial charge in [0.05, 0.1) is 37.3 Å². The minimum absolute atomic E-state index is 0.0775. The number of rotatable bonds is 2. The van der Waals surface area contributed by atoms with Gasteiger partial charge < -0.3 is 14.7 Å². The number of aromatic amines is 1. The van der Waals surface area contributed by atoms with Crippen molar-refractivity contribution >= 4 is 5.91 Å². The Morgan fingerprint density at radius 1 is 1.46 bits per heavy atom. The Labute approximate surface area is 139 Å². The van der Waals surface area contributed by atoms with Crippen LogP contribution in [0.5, 0.6) is 0 Å². The molecule has 0 bridgehead atoms. The zero-order chi connectivity index (χ0) is 16.7. The predicted molar refractivity (Wildman–Crippen MR) is 84.2 cm³/mol. The molecule has 2 aromatic rings. The second kappa shape index (κ2) is 6.03. The third kappa shape index (κ3) is 2.61. The van der Waals surface area contributed by atoms with Crippen molar-refractivity contribution in [2.45, 2.75) is 45.6 Å². The molecule has 0 saturated heterocycles. The smallest absolute Gasteiger partial charge is 0.275 e. The molecule has 0 aliphatic carbocycles. The number of aliphatic hydroxyl groups is 1. The first-order valence-electron chi connectivity index (χ1n) is 8.31. The zero-order valence-electron chi connectivity index (χ0n) is 13.7. The Bertz CT molecular complexity index is 764. The van der Waals surface area contributed by atoms with E-state index in [9.17, 15) is 9.90 Å². The van der Waals surface area contributed by atoms with Crippen molar-refractivity contribution in [1.29, 1.82) is 0 Å². The summed E-state index contributed by atoms with van der Waals surface area (Å²) in [6, 6.07) is 1.87. The molecule has 2 aliphatic heterocycles. The van der Waals surface area contributed by atoms with Gasteiger partial charge in [0, 0.05) is 30.8 Å². The third-order valence-electron chi connectivity index (χ3n) is 4.65. The van der Waals surface area contributed by atoms with Gasteiger partial charge in [-0.15, -0.1) is 0 Å². The van der Waals surface area contributed by atoms with E-state index in [1.807, 2.05) is 10.7 Å². The van der Waals surface area contributed by atoms with Gasteiger partial charge in [0.1, 0.15) is 0 Å². The molecule has 0 fully saturated rings. The van der Waals surface area contributed by atoms with Gasteiger partial charge in [0.15, 0.2) is 5.69 Å². The number of nitrogens with zero attached hydrogens (tertiary/aromatic N) is 4. The maximum absolute atomic E-state index is 12.9. The Morgan fingerprint density at radius 3 is 3.17 bits per heavy atom. The molecule has 0 aromatic carbocycles. The topological polar surface area (TPSA) is 96.3 Å². The molecule has 24 heavy (non-hydrogen) atoms. The summed E-state index contributed by atoms with van der Waals surface area (Å²) in [7, 11) is 0. The largest absolute Gasteiger partial charge is 0.387 e. The second-order valence-electron chi connectivity index (χ2n) is 6.37. The van der Waals surface area contributed by atoms with Crippen LogP contribution >= 0.6 is 0 Å². The lowest BCUT2D eigenvalue weighted by Crippen LogP contribution is -2.32. The van der Waals surface area contributed by atoms with Crippen LogP contribution in [-0.2, 0) is 30.9 Å². The fraction of sp³-hybridized carbons (Fsp3) is 0.562. The molecule has 0 radical (unpaired) electrons. The minimum atomic E-state index is -0.607. The first-order chi connectivity index (χ1) is 11.6. The van der Waals surface area contributed by atoms with Crippen LogP contribution in [0.3, 0.4) is 0 Å². The highest BCUT2D eigenvalue weighted by Crippen LogP contribution is 2.22. The van der Waals surface area contributed by atoms with E-state index < -0.39 is 6.10 Å². The first kappa shape index (κ1) is 15.3. The number of hydrogen-bond donors (Lipinski definition) is 2. The average Bonchev–Trinajstić information content (AvgIpc) is 3.13. The highest BCUT2D eigenvalue weighted by molar-refractivity contribution is 5.94. The normalized spacial score (nSPS) is 18.7. The molecule has 2 aromatic heterocycles. The average molecular weight is 331 g/mol. The summed E-state index contributed by atoms with van der Waals surface area (Å²) in [5.74, 6) is -0.0775. The highest BCUT2D eigenvalue weighted by Gasteiger charge is 2.28. The quantitative estimate of drug-likeness (QED) is 0.848. The lowest BCUT2D eigenvalue weighted by Gasteiger charge is -2.20. The van der Waals surface area contributed by atoms with Crippen LogP contribution < -0.4 is 0 Å². The van der Waals surface area contributed by atoms with Crippen LogP contribution in [0.1, 0.15) is 52.6 Å². The molecule has 2 N–H and O–H groups in total. The van der Waals surface area contributed by atoms with Crippen molar-refractivity contribution in [1.82, 2.24) is 24.9 Å². The number of aryl methyl sites for hydroxylation is 1. The summed E-state index contributed by atoms with van der Waals surface area (Å²) >= 11 is 0. The molecule has 8 nitrogen and oxygen atoms in total. The van der Waals surface area contributed by atoms with Crippen LogP contribution in [0.2, 0.25) is 0 Å². The molecular formula is C16H21N5O3. The van der Waals surface area contributed by atoms with Crippen molar-refractivity contribution in [3.63, 3.8) is 0 Å². The number of H-pyrrole nitrogens is 1. The minimum Gasteiger partial charge on any atom is -0.387 e. The van der Waals surface area contributed by atoms with E-state index in [0.29, 0.717) is 37.7 Å². The first-order valence-corrected chi connectivity index (χ1v) is 8.31. The maximum Gasteiger partial charge on any atom is 0.275 e. The summed E-state index contributed by atoms with van der Waals surface area (Å²) in [6.45, 7) is 4.67. The Balaban J connectivity index is 1.59. The SMILES string of the molecule is CC(O)c1cc2n(n1)CCCN(C(=O)c1n[nH]c3c1COCC3)C2. The van der Waals surface area contributed by atoms with Crippen molar-refractivity contribution in [2.75, 3.05) is 13.2 Å². The molecule has 4 heterocycles. The summed E-state index contributed by atoms with van der Waals surface area (Å²) in [5.41, 5.74) is 3.94. The third-order valence-corrected chi connectivity index (χ3v) is 4.65. The van der Waals surface area contributed by atoms with Crippen LogP contribution in [0, 0.1) is 0 Å². The Kier molecular flexibility index (Phi) is 3.85. The van der Waals surface area contributed by atoms with Gasteiger partial charge in [-0.25, -0.2) is 0 Å². The molecule has 1 unspecified atom stereocenters. The molecule has 0 spiro atoms. The molecule has 1 amide bonds. The highest BCUT2D eigenvalue weighted by atomic mass is 16.5. The summed E-state index contributed by atoms with van der Waals surface area (Å²) < 4.78 is 7.36. The molecule has 8 heteroatoms. The second-order valence-corrected chi connectivity index (χ2v) is 6.37. The number of fused-ring (bicyclic) bond motifs is 2. The van der Waals surface area contributed by atoms with E-state index in [1.54, 1.807) is 11.8 Å². The van der Waals surface area contributed by atoms with Crippen LogP contribution in [0.4, 0.5) is 0 Å². The molecule has 0 saturated carbocycles. The number of aromatic nitrogens is 4. The fourth-order valence-corrected chi connectivity index (χ4v) is 3.30. The predicted octanol–water partition coefficient (Wildman–Crippen LogP) is 0.778. The van der Waals surface area contributed by atoms with Crippen LogP contribution in [-0.4, -0.2) is 49.0 Å². The molecule has 1 atom stereocenters. The zero-order valence-corrected chi connectivity index (χ0v) is 13.7. The summed E-state index contributed by atoms with van der Waals surface area (Å²) in [6.07, 6.45) is 0.979. The molecule has 2 aliphatic rings. The number of nitrogens with one attached hydrogen (secondary N) is 1. The van der Waals surface area contributed by atoms with E-state index in [2.05, 4.69) is 15.3 Å². The molecule has 128 valence electrons. The van der Waals surface area contributed by atoms with Crippen LogP contribution in [0.15, 0.2) is 6.07 Å². The summed E-state index contributed by atoms with van der Waals surface area (Å²) in [5, 5.41) is 21.3. The van der Waals surface area contributed by atoms with E-state index in [1.165, 1.54) is 0 Å². The Morgan fingerprint density at radius 2 is 2.33 bits per heavy atom. The van der Waals surface area contributed by atoms with Gasteiger partial charge in [-0.05, 0) is 19.4 Å². The van der Waals surface area contributed by atoms with E-state index in [4.69, 9.17) is 4.74 Å². The van der Waals surface area contributed by atoms with Crippen molar-refractivity contribution in [3.05, 3.63) is 34.4 Å². The van der Waals surface area contributed by atoms with Crippen molar-refractivity contribution < 1.29 is 14.6 Å². The van der Waals surface area contributed by atoms with E-state index in [-0.39, 0.29) is 5.91 Å². The number of ether oxygens (including phenoxy) is 1. The van der Waals surface area contributed by atoms with Gasteiger partial charge in [-0.2, -0.15) is 10.2 Å². The monoisotopic (exact) mass is 331 g/mol. The van der Waals surface area contributed by atoms with Crippen LogP contribution in [0.25, 0.3) is 0 Å². The van der Waals surface area contributed by atoms with Crippen molar-refractivity contribution in [2.24, 2.45) is 0 Å². The van der Waals surface area contributed by atoms with Gasteiger partial charge >= 0.3 is 0 Å². The van der Waals surface area contributed by atoms with Gasteiger partial charge in [-0.1, -0.05) is 0 Å². The number of carbonyl (C=O) groups excluding carboxylic acids is 1. The summed E-state index contributed by atoms with van der Waals surface area (Å²) in [4.78, 5) is 14.7. The van der Waals surface area contributed by atoms with Gasteiger partial charge in [0.2, 0.25) is 0 Å². The van der Waals surface area contributed by atoms with Crippen molar-refractivity contribution in [3.8, 4) is 0 Å². The lowest BCUT2D eigenvalue weighted by molar-refractivity contribution is 0.0726. The van der Waals surface area contributed by atoms with E-state index in [0.717, 1.165) is 36.3 Å².